The van der Waals surface area contributed by atoms with Crippen molar-refractivity contribution in [3.8, 4) is 0 Å². The summed E-state index contributed by atoms with van der Waals surface area (Å²) >= 11 is 0. The van der Waals surface area contributed by atoms with Crippen molar-refractivity contribution in [2.24, 2.45) is 0 Å². The normalized spacial score (nSPS) is 9.95. The Balaban J connectivity index is 0.00000220. The van der Waals surface area contributed by atoms with Crippen LogP contribution in [0.15, 0.2) is 48.5 Å². The largest absolute Gasteiger partial charge is 0.312 e. The van der Waals surface area contributed by atoms with E-state index in [-0.39, 0.29) is 23.9 Å². The summed E-state index contributed by atoms with van der Waals surface area (Å²) in [5, 5.41) is 13.7. The molecule has 0 aliphatic heterocycles. The number of nitro groups is 1. The fourth-order valence-corrected chi connectivity index (χ4v) is 1.89. The number of benzene rings is 2. The fraction of sp³-hybridized carbons (Fsp3) is 0.200. The van der Waals surface area contributed by atoms with Gasteiger partial charge in [-0.2, -0.15) is 0 Å². The Bertz CT molecular complexity index is 590. The number of rotatable bonds is 6. The van der Waals surface area contributed by atoms with Gasteiger partial charge in [0.25, 0.3) is 5.69 Å². The highest BCUT2D eigenvalue weighted by molar-refractivity contribution is 5.85. The van der Waals surface area contributed by atoms with Crippen molar-refractivity contribution in [3.63, 3.8) is 0 Å². The minimum atomic E-state index is -0.421. The maximum Gasteiger partial charge on any atom is 0.269 e. The highest BCUT2D eigenvalue weighted by atomic mass is 35.5. The molecule has 4 nitrogen and oxygen atoms in total. The van der Waals surface area contributed by atoms with E-state index in [4.69, 9.17) is 0 Å². The van der Waals surface area contributed by atoms with Crippen LogP contribution in [0.3, 0.4) is 0 Å². The average molecular weight is 311 g/mol. The van der Waals surface area contributed by atoms with E-state index >= 15 is 0 Å². The minimum Gasteiger partial charge on any atom is -0.312 e. The van der Waals surface area contributed by atoms with Crippen molar-refractivity contribution >= 4 is 18.1 Å². The van der Waals surface area contributed by atoms with Crippen molar-refractivity contribution in [2.45, 2.75) is 13.0 Å². The maximum atomic E-state index is 13.4. The quantitative estimate of drug-likeness (QED) is 0.505. The summed E-state index contributed by atoms with van der Waals surface area (Å²) < 4.78 is 13.4. The molecule has 2 aromatic carbocycles. The fourth-order valence-electron chi connectivity index (χ4n) is 1.89. The van der Waals surface area contributed by atoms with Crippen molar-refractivity contribution in [1.29, 1.82) is 0 Å². The second-order valence-electron chi connectivity index (χ2n) is 4.44. The summed E-state index contributed by atoms with van der Waals surface area (Å²) in [5.41, 5.74) is 1.73. The first-order chi connectivity index (χ1) is 9.66. The molecular weight excluding hydrogens is 295 g/mol. The third-order valence-electron chi connectivity index (χ3n) is 3.01. The summed E-state index contributed by atoms with van der Waals surface area (Å²) in [6.45, 7) is 1.25. The minimum absolute atomic E-state index is 0. The van der Waals surface area contributed by atoms with Gasteiger partial charge < -0.3 is 5.32 Å². The Hall–Kier alpha value is -1.98. The third-order valence-corrected chi connectivity index (χ3v) is 3.01. The van der Waals surface area contributed by atoms with Crippen molar-refractivity contribution in [1.82, 2.24) is 5.32 Å². The zero-order chi connectivity index (χ0) is 14.4. The Morgan fingerprint density at radius 1 is 1.10 bits per heavy atom. The van der Waals surface area contributed by atoms with Crippen LogP contribution >= 0.6 is 12.4 Å². The molecule has 1 N–H and O–H groups in total. The van der Waals surface area contributed by atoms with E-state index in [0.717, 1.165) is 5.56 Å². The van der Waals surface area contributed by atoms with Crippen LogP contribution in [0.2, 0.25) is 0 Å². The van der Waals surface area contributed by atoms with E-state index in [9.17, 15) is 14.5 Å². The summed E-state index contributed by atoms with van der Waals surface area (Å²) in [6.07, 6.45) is 0.611. The number of halogens is 2. The number of nitro benzene ring substituents is 1. The molecule has 6 heteroatoms. The van der Waals surface area contributed by atoms with Crippen LogP contribution < -0.4 is 5.32 Å². The summed E-state index contributed by atoms with van der Waals surface area (Å²) in [4.78, 5) is 10.1. The predicted octanol–water partition coefficient (Wildman–Crippen LogP) is 3.49. The van der Waals surface area contributed by atoms with Crippen LogP contribution in [0.25, 0.3) is 0 Å². The van der Waals surface area contributed by atoms with Gasteiger partial charge in [-0.1, -0.05) is 30.3 Å². The topological polar surface area (TPSA) is 55.2 Å². The van der Waals surface area contributed by atoms with Gasteiger partial charge in [-0.3, -0.25) is 10.1 Å². The molecule has 0 saturated heterocycles. The highest BCUT2D eigenvalue weighted by Gasteiger charge is 2.04. The lowest BCUT2D eigenvalue weighted by Crippen LogP contribution is -2.17. The van der Waals surface area contributed by atoms with Gasteiger partial charge >= 0.3 is 0 Å². The molecule has 0 aliphatic rings. The van der Waals surface area contributed by atoms with Crippen molar-refractivity contribution in [3.05, 3.63) is 75.6 Å². The van der Waals surface area contributed by atoms with Crippen LogP contribution in [-0.4, -0.2) is 11.5 Å². The maximum absolute atomic E-state index is 13.4. The van der Waals surface area contributed by atoms with Crippen LogP contribution in [0.1, 0.15) is 11.1 Å². The SMILES string of the molecule is Cl.O=[N+]([O-])c1ccc(CNCCc2ccccc2F)cc1. The van der Waals surface area contributed by atoms with Crippen LogP contribution in [-0.2, 0) is 13.0 Å². The molecule has 2 aromatic rings. The number of non-ortho nitro benzene ring substituents is 1. The first kappa shape index (κ1) is 17.1. The molecular formula is C15H16ClFN2O2. The zero-order valence-corrected chi connectivity index (χ0v) is 12.1. The van der Waals surface area contributed by atoms with E-state index in [1.165, 1.54) is 18.2 Å². The Labute approximate surface area is 128 Å². The van der Waals surface area contributed by atoms with E-state index in [2.05, 4.69) is 5.32 Å². The Kier molecular flexibility index (Phi) is 6.78. The van der Waals surface area contributed by atoms with Crippen LogP contribution in [0, 0.1) is 15.9 Å². The molecule has 21 heavy (non-hydrogen) atoms. The molecule has 0 radical (unpaired) electrons. The average Bonchev–Trinajstić information content (AvgIpc) is 2.46. The van der Waals surface area contributed by atoms with Gasteiger partial charge in [-0.05, 0) is 30.2 Å². The predicted molar refractivity (Wildman–Crippen MR) is 82.2 cm³/mol. The van der Waals surface area contributed by atoms with Gasteiger partial charge in [-0.25, -0.2) is 4.39 Å². The third kappa shape index (κ3) is 5.13. The second kappa shape index (κ2) is 8.34. The highest BCUT2D eigenvalue weighted by Crippen LogP contribution is 2.11. The first-order valence-electron chi connectivity index (χ1n) is 6.34. The van der Waals surface area contributed by atoms with Crippen LogP contribution in [0.4, 0.5) is 10.1 Å². The van der Waals surface area contributed by atoms with E-state index in [0.29, 0.717) is 25.1 Å². The van der Waals surface area contributed by atoms with Crippen molar-refractivity contribution < 1.29 is 9.31 Å². The van der Waals surface area contributed by atoms with Gasteiger partial charge in [0.15, 0.2) is 0 Å². The molecule has 0 saturated carbocycles. The lowest BCUT2D eigenvalue weighted by atomic mass is 10.1. The zero-order valence-electron chi connectivity index (χ0n) is 11.3. The molecule has 0 heterocycles. The summed E-state index contributed by atoms with van der Waals surface area (Å²) in [7, 11) is 0. The molecule has 0 aliphatic carbocycles. The van der Waals surface area contributed by atoms with Gasteiger partial charge in [0, 0.05) is 18.7 Å². The lowest BCUT2D eigenvalue weighted by molar-refractivity contribution is -0.384. The van der Waals surface area contributed by atoms with Gasteiger partial charge in [0.05, 0.1) is 4.92 Å². The van der Waals surface area contributed by atoms with E-state index in [1.54, 1.807) is 24.3 Å². The Morgan fingerprint density at radius 2 is 1.76 bits per heavy atom. The van der Waals surface area contributed by atoms with Crippen molar-refractivity contribution in [2.75, 3.05) is 6.54 Å². The number of nitrogens with one attached hydrogen (secondary N) is 1. The first-order valence-corrected chi connectivity index (χ1v) is 6.34. The number of hydrogen-bond donors (Lipinski definition) is 1. The molecule has 2 rings (SSSR count). The van der Waals surface area contributed by atoms with Gasteiger partial charge in [0.1, 0.15) is 5.82 Å². The molecule has 0 fully saturated rings. The number of hydrogen-bond acceptors (Lipinski definition) is 3. The second-order valence-corrected chi connectivity index (χ2v) is 4.44. The molecule has 0 atom stereocenters. The summed E-state index contributed by atoms with van der Waals surface area (Å²) in [5.74, 6) is -0.190. The van der Waals surface area contributed by atoms with Crippen LogP contribution in [0.5, 0.6) is 0 Å². The Morgan fingerprint density at radius 3 is 2.38 bits per heavy atom. The van der Waals surface area contributed by atoms with Gasteiger partial charge in [0.2, 0.25) is 0 Å². The van der Waals surface area contributed by atoms with E-state index < -0.39 is 4.92 Å². The smallest absolute Gasteiger partial charge is 0.269 e. The van der Waals surface area contributed by atoms with E-state index in [1.807, 2.05) is 6.07 Å². The van der Waals surface area contributed by atoms with Gasteiger partial charge in [-0.15, -0.1) is 12.4 Å². The molecule has 0 aromatic heterocycles. The summed E-state index contributed by atoms with van der Waals surface area (Å²) in [6, 6.07) is 13.1. The monoisotopic (exact) mass is 310 g/mol. The molecule has 0 amide bonds. The number of nitrogens with zero attached hydrogens (tertiary/aromatic N) is 1. The lowest BCUT2D eigenvalue weighted by Gasteiger charge is -2.06. The standard InChI is InChI=1S/C15H15FN2O2.ClH/c16-15-4-2-1-3-13(15)9-10-17-11-12-5-7-14(8-6-12)18(19)20;/h1-8,17H,9-11H2;1H. The molecule has 112 valence electrons. The molecule has 0 unspecified atom stereocenters. The molecule has 0 spiro atoms. The molecule has 0 bridgehead atoms.